The Labute approximate surface area is 136 Å². The first-order valence-corrected chi connectivity index (χ1v) is 7.85. The van der Waals surface area contributed by atoms with Crippen LogP contribution in [0.1, 0.15) is 18.9 Å². The number of ether oxygens (including phenoxy) is 1. The zero-order valence-corrected chi connectivity index (χ0v) is 13.5. The first-order valence-electron chi connectivity index (χ1n) is 7.85. The smallest absolute Gasteiger partial charge is 0.246 e. The van der Waals surface area contributed by atoms with E-state index in [4.69, 9.17) is 4.74 Å². The van der Waals surface area contributed by atoms with Gasteiger partial charge in [-0.3, -0.25) is 4.79 Å². The molecule has 1 amide bonds. The number of anilines is 2. The van der Waals surface area contributed by atoms with Crippen LogP contribution < -0.4 is 15.0 Å². The molecule has 1 N–H and O–H groups in total. The molecule has 1 unspecified atom stereocenters. The van der Waals surface area contributed by atoms with Gasteiger partial charge in [-0.25, -0.2) is 0 Å². The second-order valence-electron chi connectivity index (χ2n) is 5.67. The van der Waals surface area contributed by atoms with Crippen LogP contribution in [0.3, 0.4) is 0 Å². The molecule has 3 rings (SSSR count). The summed E-state index contributed by atoms with van der Waals surface area (Å²) in [5, 5.41) is 2.90. The van der Waals surface area contributed by atoms with Crippen LogP contribution in [-0.2, 0) is 11.2 Å². The molecule has 0 saturated heterocycles. The molecule has 1 aromatic heterocycles. The van der Waals surface area contributed by atoms with E-state index >= 15 is 0 Å². The highest BCUT2D eigenvalue weighted by Gasteiger charge is 2.30. The van der Waals surface area contributed by atoms with Crippen LogP contribution >= 0.6 is 0 Å². The van der Waals surface area contributed by atoms with Gasteiger partial charge in [0.25, 0.3) is 0 Å². The van der Waals surface area contributed by atoms with Crippen molar-refractivity contribution >= 4 is 17.4 Å². The van der Waals surface area contributed by atoms with Crippen molar-refractivity contribution < 1.29 is 9.53 Å². The van der Waals surface area contributed by atoms with Gasteiger partial charge in [-0.2, -0.15) is 4.98 Å². The summed E-state index contributed by atoms with van der Waals surface area (Å²) in [6, 6.07) is 13.7. The van der Waals surface area contributed by atoms with Crippen molar-refractivity contribution in [1.82, 2.24) is 4.98 Å². The summed E-state index contributed by atoms with van der Waals surface area (Å²) >= 11 is 0. The molecular weight excluding hydrogens is 290 g/mol. The Balaban J connectivity index is 1.76. The third-order valence-electron chi connectivity index (χ3n) is 4.14. The molecule has 0 spiro atoms. The number of carbonyl (C=O) groups is 1. The Hall–Kier alpha value is -2.56. The summed E-state index contributed by atoms with van der Waals surface area (Å²) in [6.45, 7) is 2.68. The van der Waals surface area contributed by atoms with E-state index in [9.17, 15) is 4.79 Å². The monoisotopic (exact) mass is 311 g/mol. The summed E-state index contributed by atoms with van der Waals surface area (Å²) in [6.07, 6.45) is 1.94. The lowest BCUT2D eigenvalue weighted by molar-refractivity contribution is -0.117. The van der Waals surface area contributed by atoms with E-state index in [1.807, 2.05) is 31.2 Å². The number of aromatic nitrogens is 1. The highest BCUT2D eigenvalue weighted by molar-refractivity contribution is 6.02. The van der Waals surface area contributed by atoms with Gasteiger partial charge in [0, 0.05) is 12.6 Å². The number of fused-ring (bicyclic) bond motifs is 1. The Bertz CT molecular complexity index is 688. The van der Waals surface area contributed by atoms with Crippen LogP contribution in [0.25, 0.3) is 0 Å². The van der Waals surface area contributed by atoms with Gasteiger partial charge >= 0.3 is 0 Å². The molecule has 23 heavy (non-hydrogen) atoms. The topological polar surface area (TPSA) is 54.5 Å². The van der Waals surface area contributed by atoms with Gasteiger partial charge in [-0.1, -0.05) is 30.3 Å². The van der Waals surface area contributed by atoms with Crippen molar-refractivity contribution in [1.29, 1.82) is 0 Å². The molecule has 1 aliphatic rings. The van der Waals surface area contributed by atoms with Gasteiger partial charge in [0.15, 0.2) is 5.82 Å². The van der Waals surface area contributed by atoms with Crippen LogP contribution in [0.5, 0.6) is 5.88 Å². The van der Waals surface area contributed by atoms with Gasteiger partial charge in [0.2, 0.25) is 11.8 Å². The van der Waals surface area contributed by atoms with Crippen molar-refractivity contribution in [3.05, 3.63) is 48.0 Å². The second-order valence-corrected chi connectivity index (χ2v) is 5.67. The maximum Gasteiger partial charge on any atom is 0.246 e. The molecule has 2 aromatic rings. The number of pyridine rings is 1. The number of hydrogen-bond donors (Lipinski definition) is 1. The van der Waals surface area contributed by atoms with Crippen LogP contribution in [0.4, 0.5) is 11.5 Å². The first kappa shape index (κ1) is 15.3. The molecule has 120 valence electrons. The number of rotatable bonds is 5. The number of nitrogens with zero attached hydrogens (tertiary/aromatic N) is 2. The molecule has 5 heteroatoms. The summed E-state index contributed by atoms with van der Waals surface area (Å²) in [7, 11) is 1.60. The highest BCUT2D eigenvalue weighted by Crippen LogP contribution is 2.32. The zero-order chi connectivity index (χ0) is 16.2. The minimum Gasteiger partial charge on any atom is -0.481 e. The van der Waals surface area contributed by atoms with Gasteiger partial charge < -0.3 is 15.0 Å². The molecule has 0 fully saturated rings. The predicted octanol–water partition coefficient (Wildman–Crippen LogP) is 2.87. The predicted molar refractivity (Wildman–Crippen MR) is 91.0 cm³/mol. The Morgan fingerprint density at radius 2 is 2.00 bits per heavy atom. The number of hydrogen-bond acceptors (Lipinski definition) is 4. The maximum atomic E-state index is 12.1. The lowest BCUT2D eigenvalue weighted by atomic mass is 10.1. The van der Waals surface area contributed by atoms with Crippen molar-refractivity contribution in [2.24, 2.45) is 0 Å². The van der Waals surface area contributed by atoms with Gasteiger partial charge in [0.1, 0.15) is 6.04 Å². The minimum absolute atomic E-state index is 0.00387. The fourth-order valence-electron chi connectivity index (χ4n) is 2.82. The van der Waals surface area contributed by atoms with E-state index in [0.29, 0.717) is 5.88 Å². The van der Waals surface area contributed by atoms with Crippen LogP contribution in [0.2, 0.25) is 0 Å². The molecule has 0 saturated carbocycles. The average molecular weight is 311 g/mol. The van der Waals surface area contributed by atoms with Gasteiger partial charge in [-0.05, 0) is 31.4 Å². The largest absolute Gasteiger partial charge is 0.481 e. The first-order chi connectivity index (χ1) is 11.2. The fraction of sp³-hybridized carbons (Fsp3) is 0.333. The molecule has 1 aliphatic heterocycles. The van der Waals surface area contributed by atoms with E-state index in [-0.39, 0.29) is 11.9 Å². The third kappa shape index (κ3) is 3.28. The number of benzene rings is 1. The van der Waals surface area contributed by atoms with Crippen LogP contribution in [0.15, 0.2) is 42.5 Å². The summed E-state index contributed by atoms with van der Waals surface area (Å²) in [5.41, 5.74) is 2.05. The summed E-state index contributed by atoms with van der Waals surface area (Å²) < 4.78 is 5.21. The van der Waals surface area contributed by atoms with Crippen LogP contribution in [0, 0.1) is 0 Å². The summed E-state index contributed by atoms with van der Waals surface area (Å²) in [4.78, 5) is 18.7. The molecule has 1 atom stereocenters. The lowest BCUT2D eigenvalue weighted by Gasteiger charge is -2.35. The number of methoxy groups -OCH3 is 1. The Morgan fingerprint density at radius 3 is 2.74 bits per heavy atom. The van der Waals surface area contributed by atoms with Crippen molar-refractivity contribution in [3.8, 4) is 5.88 Å². The molecule has 2 heterocycles. The average Bonchev–Trinajstić information content (AvgIpc) is 2.59. The van der Waals surface area contributed by atoms with E-state index in [0.717, 1.165) is 30.9 Å². The van der Waals surface area contributed by atoms with Gasteiger partial charge in [-0.15, -0.1) is 0 Å². The fourth-order valence-corrected chi connectivity index (χ4v) is 2.82. The quantitative estimate of drug-likeness (QED) is 0.922. The van der Waals surface area contributed by atoms with E-state index in [1.165, 1.54) is 5.56 Å². The molecule has 1 aromatic carbocycles. The Morgan fingerprint density at radius 1 is 1.22 bits per heavy atom. The highest BCUT2D eigenvalue weighted by atomic mass is 16.5. The zero-order valence-electron chi connectivity index (χ0n) is 13.5. The summed E-state index contributed by atoms with van der Waals surface area (Å²) in [5.74, 6) is 1.34. The molecule has 0 radical (unpaired) electrons. The van der Waals surface area contributed by atoms with Crippen LogP contribution in [-0.4, -0.2) is 30.6 Å². The third-order valence-corrected chi connectivity index (χ3v) is 4.14. The van der Waals surface area contributed by atoms with Crippen molar-refractivity contribution in [2.45, 2.75) is 25.8 Å². The molecule has 0 aliphatic carbocycles. The maximum absolute atomic E-state index is 12.1. The molecule has 5 nitrogen and oxygen atoms in total. The minimum atomic E-state index is -0.238. The van der Waals surface area contributed by atoms with Gasteiger partial charge in [0.05, 0.1) is 12.8 Å². The van der Waals surface area contributed by atoms with E-state index in [2.05, 4.69) is 27.3 Å². The van der Waals surface area contributed by atoms with E-state index < -0.39 is 0 Å². The van der Waals surface area contributed by atoms with Crippen molar-refractivity contribution in [2.75, 3.05) is 23.9 Å². The number of aryl methyl sites for hydroxylation is 1. The van der Waals surface area contributed by atoms with Crippen molar-refractivity contribution in [3.63, 3.8) is 0 Å². The molecular formula is C18H21N3O2. The van der Waals surface area contributed by atoms with E-state index in [1.54, 1.807) is 13.2 Å². The normalized spacial score (nSPS) is 16.7. The Kier molecular flexibility index (Phi) is 4.46. The molecule has 0 bridgehead atoms. The number of nitrogens with one attached hydrogen (secondary N) is 1. The lowest BCUT2D eigenvalue weighted by Crippen LogP contribution is -2.47. The number of carbonyl (C=O) groups excluding carboxylic acids is 1. The standard InChI is InChI=1S/C18H21N3O2/c1-13-18(22)19-15-10-11-16(23-2)20-17(15)21(13)12-6-9-14-7-4-3-5-8-14/h3-5,7-8,10-11,13H,6,9,12H2,1-2H3,(H,19,22). The second kappa shape index (κ2) is 6.69. The number of amides is 1. The SMILES string of the molecule is COc1ccc2c(n1)N(CCCc1ccccc1)C(C)C(=O)N2.